The van der Waals surface area contributed by atoms with E-state index in [1.54, 1.807) is 6.07 Å². The maximum absolute atomic E-state index is 9.39. The molecule has 1 aromatic rings. The molecule has 0 heterocycles. The first-order valence-corrected chi connectivity index (χ1v) is 3.82. The molecule has 0 aliphatic heterocycles. The van der Waals surface area contributed by atoms with Crippen LogP contribution in [0, 0.1) is 0 Å². The summed E-state index contributed by atoms with van der Waals surface area (Å²) in [6, 6.07) is 5.82. The van der Waals surface area contributed by atoms with Crippen molar-refractivity contribution in [2.75, 3.05) is 0 Å². The number of phenolic OH excluding ortho intramolecular Hbond substituents is 1. The maximum Gasteiger partial charge on any atom is 0.119 e. The Bertz CT molecular complexity index is 283. The summed E-state index contributed by atoms with van der Waals surface area (Å²) in [5.41, 5.74) is 7.99. The number of hydrogen-bond donors (Lipinski definition) is 2. The van der Waals surface area contributed by atoms with Gasteiger partial charge in [-0.3, -0.25) is 0 Å². The quantitative estimate of drug-likeness (QED) is 0.573. The van der Waals surface area contributed by atoms with Crippen LogP contribution in [-0.4, -0.2) is 11.1 Å². The third-order valence-corrected chi connectivity index (χ3v) is 2.20. The van der Waals surface area contributed by atoms with Crippen LogP contribution in [0.5, 0.6) is 5.75 Å². The summed E-state index contributed by atoms with van der Waals surface area (Å²) in [5.74, 6) is 0.399. The average molecular weight is 149 g/mol. The highest BCUT2D eigenvalue weighted by Gasteiger charge is 2.19. The summed E-state index contributed by atoms with van der Waals surface area (Å²) in [5, 5.41) is 9.39. The largest absolute Gasteiger partial charge is 0.508 e. The molecule has 1 atom stereocenters. The lowest BCUT2D eigenvalue weighted by molar-refractivity contribution is 0.468. The van der Waals surface area contributed by atoms with E-state index in [1.165, 1.54) is 5.56 Å². The van der Waals surface area contributed by atoms with Gasteiger partial charge < -0.3 is 10.8 Å². The van der Waals surface area contributed by atoms with Gasteiger partial charge in [0.1, 0.15) is 5.75 Å². The van der Waals surface area contributed by atoms with Crippen molar-refractivity contribution in [1.29, 1.82) is 0 Å². The molecule has 0 spiro atoms. The molecule has 1 aliphatic carbocycles. The van der Waals surface area contributed by atoms with Gasteiger partial charge in [0.05, 0.1) is 0 Å². The van der Waals surface area contributed by atoms with Gasteiger partial charge in [0.15, 0.2) is 0 Å². The van der Waals surface area contributed by atoms with Crippen LogP contribution in [0.4, 0.5) is 0 Å². The minimum atomic E-state index is 0.207. The van der Waals surface area contributed by atoms with Crippen LogP contribution in [0.1, 0.15) is 11.1 Å². The highest BCUT2D eigenvalue weighted by Crippen LogP contribution is 2.28. The lowest BCUT2D eigenvalue weighted by atomic mass is 10.1. The van der Waals surface area contributed by atoms with Gasteiger partial charge in [0.2, 0.25) is 0 Å². The Kier molecular flexibility index (Phi) is 1.36. The number of benzene rings is 1. The van der Waals surface area contributed by atoms with Gasteiger partial charge in [-0.25, -0.2) is 0 Å². The van der Waals surface area contributed by atoms with E-state index in [1.807, 2.05) is 12.1 Å². The third-order valence-electron chi connectivity index (χ3n) is 2.20. The molecule has 2 nitrogen and oxygen atoms in total. The van der Waals surface area contributed by atoms with E-state index in [4.69, 9.17) is 5.73 Å². The third kappa shape index (κ3) is 0.994. The Balaban J connectivity index is 2.49. The van der Waals surface area contributed by atoms with E-state index in [0.717, 1.165) is 18.4 Å². The zero-order chi connectivity index (χ0) is 7.84. The van der Waals surface area contributed by atoms with Crippen LogP contribution >= 0.6 is 0 Å². The second-order valence-corrected chi connectivity index (χ2v) is 3.08. The van der Waals surface area contributed by atoms with Gasteiger partial charge in [0, 0.05) is 6.04 Å². The zero-order valence-electron chi connectivity index (χ0n) is 6.25. The van der Waals surface area contributed by atoms with Crippen molar-refractivity contribution in [1.82, 2.24) is 0 Å². The van der Waals surface area contributed by atoms with Crippen molar-refractivity contribution in [3.63, 3.8) is 0 Å². The minimum Gasteiger partial charge on any atom is -0.508 e. The number of aromatic hydroxyl groups is 1. The molecular formula is C9H11NO. The van der Waals surface area contributed by atoms with Crippen LogP contribution < -0.4 is 5.73 Å². The van der Waals surface area contributed by atoms with Gasteiger partial charge in [-0.05, 0) is 30.0 Å². The Labute approximate surface area is 65.7 Å². The van der Waals surface area contributed by atoms with Crippen LogP contribution in [0.25, 0.3) is 0 Å². The molecule has 0 radical (unpaired) electrons. The second-order valence-electron chi connectivity index (χ2n) is 3.08. The summed E-state index contributed by atoms with van der Waals surface area (Å²) in [6.45, 7) is 0. The van der Waals surface area contributed by atoms with Gasteiger partial charge in [-0.15, -0.1) is 0 Å². The smallest absolute Gasteiger partial charge is 0.119 e. The number of nitrogens with two attached hydrogens (primary N) is 1. The molecule has 1 aliphatic rings. The molecule has 1 aromatic carbocycles. The number of fused-ring (bicyclic) bond motifs is 1. The maximum atomic E-state index is 9.39. The standard InChI is InChI=1S/C9H11NO/c10-7-4-6-2-1-3-9(11)8(6)5-7/h1-3,7,11H,4-5,10H2/t7-/m1/s1. The molecule has 0 amide bonds. The molecule has 0 bridgehead atoms. The zero-order valence-corrected chi connectivity index (χ0v) is 6.25. The van der Waals surface area contributed by atoms with Gasteiger partial charge in [0.25, 0.3) is 0 Å². The van der Waals surface area contributed by atoms with Crippen molar-refractivity contribution in [3.05, 3.63) is 29.3 Å². The predicted molar refractivity (Wildman–Crippen MR) is 43.5 cm³/mol. The summed E-state index contributed by atoms with van der Waals surface area (Å²) in [4.78, 5) is 0. The van der Waals surface area contributed by atoms with Crippen LogP contribution in [0.15, 0.2) is 18.2 Å². The molecule has 0 saturated heterocycles. The molecule has 3 N–H and O–H groups in total. The Morgan fingerprint density at radius 2 is 2.18 bits per heavy atom. The fourth-order valence-electron chi connectivity index (χ4n) is 1.66. The average Bonchev–Trinajstić information content (AvgIpc) is 2.31. The molecule has 0 aromatic heterocycles. The fraction of sp³-hybridized carbons (Fsp3) is 0.333. The van der Waals surface area contributed by atoms with Gasteiger partial charge in [-0.2, -0.15) is 0 Å². The summed E-state index contributed by atoms with van der Waals surface area (Å²) in [7, 11) is 0. The first kappa shape index (κ1) is 6.68. The molecule has 0 fully saturated rings. The second kappa shape index (κ2) is 2.24. The minimum absolute atomic E-state index is 0.207. The summed E-state index contributed by atoms with van der Waals surface area (Å²) in [6.07, 6.45) is 1.73. The van der Waals surface area contributed by atoms with Crippen LogP contribution in [0.3, 0.4) is 0 Å². The van der Waals surface area contributed by atoms with Crippen LogP contribution in [-0.2, 0) is 12.8 Å². The van der Waals surface area contributed by atoms with E-state index in [-0.39, 0.29) is 6.04 Å². The molecule has 58 valence electrons. The number of phenols is 1. The molecule has 2 heteroatoms. The molecule has 0 saturated carbocycles. The number of hydrogen-bond acceptors (Lipinski definition) is 2. The van der Waals surface area contributed by atoms with E-state index in [0.29, 0.717) is 5.75 Å². The first-order chi connectivity index (χ1) is 5.27. The topological polar surface area (TPSA) is 46.2 Å². The van der Waals surface area contributed by atoms with Crippen molar-refractivity contribution < 1.29 is 5.11 Å². The van der Waals surface area contributed by atoms with Crippen molar-refractivity contribution in [2.45, 2.75) is 18.9 Å². The van der Waals surface area contributed by atoms with Crippen molar-refractivity contribution >= 4 is 0 Å². The van der Waals surface area contributed by atoms with Gasteiger partial charge in [-0.1, -0.05) is 12.1 Å². The van der Waals surface area contributed by atoms with E-state index < -0.39 is 0 Å². The van der Waals surface area contributed by atoms with E-state index >= 15 is 0 Å². The highest BCUT2D eigenvalue weighted by atomic mass is 16.3. The van der Waals surface area contributed by atoms with Crippen molar-refractivity contribution in [2.24, 2.45) is 5.73 Å². The normalized spacial score (nSPS) is 21.7. The highest BCUT2D eigenvalue weighted by molar-refractivity contribution is 5.43. The molecule has 2 rings (SSSR count). The van der Waals surface area contributed by atoms with Gasteiger partial charge >= 0.3 is 0 Å². The van der Waals surface area contributed by atoms with Crippen LogP contribution in [0.2, 0.25) is 0 Å². The fourth-order valence-corrected chi connectivity index (χ4v) is 1.66. The van der Waals surface area contributed by atoms with Crippen molar-refractivity contribution in [3.8, 4) is 5.75 Å². The first-order valence-electron chi connectivity index (χ1n) is 3.82. The SMILES string of the molecule is N[C@@H]1Cc2cccc(O)c2C1. The monoisotopic (exact) mass is 149 g/mol. The predicted octanol–water partition coefficient (Wildman–Crippen LogP) is 0.818. The summed E-state index contributed by atoms with van der Waals surface area (Å²) < 4.78 is 0. The lowest BCUT2D eigenvalue weighted by Gasteiger charge is -1.99. The molecule has 11 heavy (non-hydrogen) atoms. The van der Waals surface area contributed by atoms with E-state index in [9.17, 15) is 5.11 Å². The number of rotatable bonds is 0. The van der Waals surface area contributed by atoms with E-state index in [2.05, 4.69) is 0 Å². The molecular weight excluding hydrogens is 138 g/mol. The Morgan fingerprint density at radius 3 is 2.91 bits per heavy atom. The Morgan fingerprint density at radius 1 is 1.36 bits per heavy atom. The molecule has 0 unspecified atom stereocenters. The summed E-state index contributed by atoms with van der Waals surface area (Å²) >= 11 is 0. The lowest BCUT2D eigenvalue weighted by Crippen LogP contribution is -2.19. The Hall–Kier alpha value is -1.02.